The van der Waals surface area contributed by atoms with Crippen LogP contribution in [-0.2, 0) is 26.2 Å². The summed E-state index contributed by atoms with van der Waals surface area (Å²) in [7, 11) is -4.38. The first-order valence-electron chi connectivity index (χ1n) is 12.7. The second-order valence-electron chi connectivity index (χ2n) is 10.9. The van der Waals surface area contributed by atoms with E-state index < -0.39 is 52.1 Å². The Morgan fingerprint density at radius 2 is 1.68 bits per heavy atom. The molecule has 0 radical (unpaired) electrons. The molecule has 0 unspecified atom stereocenters. The van der Waals surface area contributed by atoms with Gasteiger partial charge in [-0.05, 0) is 36.3 Å². The fourth-order valence-corrected chi connectivity index (χ4v) is 5.86. The second-order valence-corrected chi connectivity index (χ2v) is 17.3. The quantitative estimate of drug-likeness (QED) is 0.188. The molecule has 3 aromatic rings. The first-order chi connectivity index (χ1) is 19.0. The van der Waals surface area contributed by atoms with Gasteiger partial charge in [0.25, 0.3) is 15.6 Å². The monoisotopic (exact) mass is 608 g/mol. The van der Waals surface area contributed by atoms with Crippen LogP contribution >= 0.6 is 0 Å². The number of aryl methyl sites for hydroxylation is 1. The van der Waals surface area contributed by atoms with Gasteiger partial charge in [-0.2, -0.15) is 0 Å². The number of sulfonamides is 1. The fourth-order valence-electron chi connectivity index (χ4n) is 3.62. The van der Waals surface area contributed by atoms with E-state index in [1.54, 1.807) is 24.3 Å². The summed E-state index contributed by atoms with van der Waals surface area (Å²) in [5.41, 5.74) is -1.67. The Morgan fingerprint density at radius 3 is 2.32 bits per heavy atom. The molecule has 0 aliphatic carbocycles. The van der Waals surface area contributed by atoms with E-state index in [2.05, 4.69) is 38.6 Å². The van der Waals surface area contributed by atoms with E-state index in [1.165, 1.54) is 7.05 Å². The fraction of sp³-hybridized carbons (Fsp3) is 0.357. The lowest BCUT2D eigenvalue weighted by Gasteiger charge is -2.36. The molecule has 0 amide bonds. The van der Waals surface area contributed by atoms with E-state index >= 15 is 4.39 Å². The van der Waals surface area contributed by atoms with Gasteiger partial charge in [-0.25, -0.2) is 22.0 Å². The molecule has 9 nitrogen and oxygen atoms in total. The number of ether oxygens (including phenoxy) is 2. The van der Waals surface area contributed by atoms with Crippen molar-refractivity contribution in [2.75, 3.05) is 25.0 Å². The molecule has 13 heteroatoms. The lowest BCUT2D eigenvalue weighted by Crippen LogP contribution is -2.41. The van der Waals surface area contributed by atoms with Crippen molar-refractivity contribution in [3.05, 3.63) is 76.2 Å². The van der Waals surface area contributed by atoms with Crippen LogP contribution in [0.2, 0.25) is 18.1 Å². The number of benzene rings is 2. The number of hydrogen-bond acceptors (Lipinski definition) is 7. The van der Waals surface area contributed by atoms with E-state index in [1.807, 2.05) is 4.72 Å². The first-order valence-corrected chi connectivity index (χ1v) is 17.0. The number of nitrogens with one attached hydrogen (secondary N) is 1. The van der Waals surface area contributed by atoms with E-state index in [9.17, 15) is 22.4 Å². The predicted molar refractivity (Wildman–Crippen MR) is 154 cm³/mol. The lowest BCUT2D eigenvalue weighted by atomic mass is 10.0. The standard InChI is InChI=1S/C28H34F2N2O7SSi/c1-28(2,3)41(6,7)39-13-12-38-24-11-9-8-10-19(24)20-15-23(22(30)16-21(20)29)31-40(35,36)25-14-18(27(34)37-5)17-32(4)26(25)33/h8-11,14-17,31H,12-13H2,1-7H3. The number of nitrogens with zero attached hydrogens (tertiary/aromatic N) is 1. The smallest absolute Gasteiger partial charge is 0.339 e. The zero-order valence-electron chi connectivity index (χ0n) is 24.0. The molecule has 2 aromatic carbocycles. The van der Waals surface area contributed by atoms with Crippen molar-refractivity contribution in [1.82, 2.24) is 4.57 Å². The maximum atomic E-state index is 15.0. The SMILES string of the molecule is COC(=O)c1cc(S(=O)(=O)Nc2cc(-c3ccccc3OCCO[Si](C)(C)C(C)(C)C)c(F)cc2F)c(=O)n(C)c1. The normalized spacial score (nSPS) is 12.2. The number of methoxy groups -OCH3 is 1. The van der Waals surface area contributed by atoms with Crippen LogP contribution in [0, 0.1) is 11.6 Å². The predicted octanol–water partition coefficient (Wildman–Crippen LogP) is 5.32. The van der Waals surface area contributed by atoms with Gasteiger partial charge in [0.05, 0.1) is 25.0 Å². The van der Waals surface area contributed by atoms with E-state index in [0.717, 1.165) is 30.0 Å². The number of pyridine rings is 1. The summed E-state index contributed by atoms with van der Waals surface area (Å²) in [5, 5.41) is 0.0107. The molecule has 0 aliphatic heterocycles. The maximum Gasteiger partial charge on any atom is 0.339 e. The van der Waals surface area contributed by atoms with Crippen LogP contribution < -0.4 is 15.0 Å². The minimum atomic E-state index is -4.72. The summed E-state index contributed by atoms with van der Waals surface area (Å²) in [6, 6.07) is 8.81. The number of para-hydroxylation sites is 1. The first kappa shape index (κ1) is 32.0. The third-order valence-electron chi connectivity index (χ3n) is 6.95. The van der Waals surface area contributed by atoms with Crippen LogP contribution in [0.3, 0.4) is 0 Å². The van der Waals surface area contributed by atoms with Gasteiger partial charge in [0.2, 0.25) is 0 Å². The maximum absolute atomic E-state index is 15.0. The van der Waals surface area contributed by atoms with Gasteiger partial charge < -0.3 is 18.5 Å². The molecule has 0 saturated carbocycles. The van der Waals surface area contributed by atoms with Crippen molar-refractivity contribution in [2.24, 2.45) is 7.05 Å². The van der Waals surface area contributed by atoms with Crippen LogP contribution in [-0.4, -0.2) is 47.6 Å². The van der Waals surface area contributed by atoms with E-state index in [0.29, 0.717) is 12.7 Å². The van der Waals surface area contributed by atoms with Crippen LogP contribution in [0.1, 0.15) is 31.1 Å². The molecule has 222 valence electrons. The van der Waals surface area contributed by atoms with E-state index in [4.69, 9.17) is 9.16 Å². The number of carbonyl (C=O) groups excluding carboxylic acids is 1. The zero-order chi connectivity index (χ0) is 30.8. The summed E-state index contributed by atoms with van der Waals surface area (Å²) in [5.74, 6) is -2.76. The molecule has 1 aromatic heterocycles. The lowest BCUT2D eigenvalue weighted by molar-refractivity contribution is 0.0599. The minimum Gasteiger partial charge on any atom is -0.491 e. The van der Waals surface area contributed by atoms with Crippen molar-refractivity contribution >= 4 is 30.0 Å². The van der Waals surface area contributed by atoms with Crippen LogP contribution in [0.15, 0.2) is 58.4 Å². The van der Waals surface area contributed by atoms with Gasteiger partial charge in [0, 0.05) is 30.4 Å². The van der Waals surface area contributed by atoms with Gasteiger partial charge in [0.15, 0.2) is 13.2 Å². The number of hydrogen-bond donors (Lipinski definition) is 1. The molecule has 41 heavy (non-hydrogen) atoms. The summed E-state index contributed by atoms with van der Waals surface area (Å²) in [6.07, 6.45) is 1.11. The van der Waals surface area contributed by atoms with Crippen molar-refractivity contribution in [2.45, 2.75) is 43.8 Å². The molecule has 0 aliphatic rings. The van der Waals surface area contributed by atoms with Gasteiger partial charge in [0.1, 0.15) is 24.0 Å². The second kappa shape index (κ2) is 12.1. The largest absolute Gasteiger partial charge is 0.491 e. The highest BCUT2D eigenvalue weighted by Crippen LogP contribution is 2.37. The van der Waals surface area contributed by atoms with Gasteiger partial charge in [-0.15, -0.1) is 0 Å². The van der Waals surface area contributed by atoms with Crippen LogP contribution in [0.4, 0.5) is 14.5 Å². The summed E-state index contributed by atoms with van der Waals surface area (Å²) in [6.45, 7) is 11.1. The van der Waals surface area contributed by atoms with E-state index in [-0.39, 0.29) is 34.1 Å². The van der Waals surface area contributed by atoms with Crippen molar-refractivity contribution in [3.63, 3.8) is 0 Å². The number of aromatic nitrogens is 1. The molecule has 0 fully saturated rings. The van der Waals surface area contributed by atoms with Crippen molar-refractivity contribution in [3.8, 4) is 16.9 Å². The Morgan fingerprint density at radius 1 is 1.02 bits per heavy atom. The highest BCUT2D eigenvalue weighted by molar-refractivity contribution is 7.92. The average molecular weight is 609 g/mol. The van der Waals surface area contributed by atoms with Crippen LogP contribution in [0.5, 0.6) is 5.75 Å². The van der Waals surface area contributed by atoms with Crippen molar-refractivity contribution in [1.29, 1.82) is 0 Å². The van der Waals surface area contributed by atoms with Gasteiger partial charge in [-0.3, -0.25) is 9.52 Å². The highest BCUT2D eigenvalue weighted by Gasteiger charge is 2.37. The van der Waals surface area contributed by atoms with Gasteiger partial charge in [-0.1, -0.05) is 39.0 Å². The summed E-state index contributed by atoms with van der Waals surface area (Å²) in [4.78, 5) is 23.7. The highest BCUT2D eigenvalue weighted by atomic mass is 32.2. The molecule has 0 atom stereocenters. The molecule has 3 rings (SSSR count). The topological polar surface area (TPSA) is 113 Å². The summed E-state index contributed by atoms with van der Waals surface area (Å²) >= 11 is 0. The Labute approximate surface area is 239 Å². The molecular weight excluding hydrogens is 574 g/mol. The molecule has 0 bridgehead atoms. The third-order valence-corrected chi connectivity index (χ3v) is 12.8. The molecular formula is C28H34F2N2O7SSi. The Kier molecular flexibility index (Phi) is 9.46. The Hall–Kier alpha value is -3.55. The number of halogens is 2. The van der Waals surface area contributed by atoms with Crippen LogP contribution in [0.25, 0.3) is 11.1 Å². The Bertz CT molecular complexity index is 1620. The summed E-state index contributed by atoms with van der Waals surface area (Å²) < 4.78 is 75.6. The molecule has 1 heterocycles. The number of rotatable bonds is 10. The average Bonchev–Trinajstić information content (AvgIpc) is 2.88. The zero-order valence-corrected chi connectivity index (χ0v) is 25.8. The number of anilines is 1. The Balaban J connectivity index is 1.94. The van der Waals surface area contributed by atoms with Gasteiger partial charge >= 0.3 is 5.97 Å². The number of esters is 1. The molecule has 0 spiro atoms. The third kappa shape index (κ3) is 7.21. The molecule has 0 saturated heterocycles. The minimum absolute atomic E-state index is 0.0107. The molecule has 1 N–H and O–H groups in total. The van der Waals surface area contributed by atoms with Crippen molar-refractivity contribution < 1.29 is 35.9 Å². The number of carbonyl (C=O) groups is 1.